The van der Waals surface area contributed by atoms with Crippen LogP contribution in [0.3, 0.4) is 0 Å². The number of nitro benzene ring substituents is 1. The van der Waals surface area contributed by atoms with Crippen molar-refractivity contribution < 1.29 is 14.5 Å². The number of carbonyl (C=O) groups excluding carboxylic acids is 2. The minimum Gasteiger partial charge on any atom is -0.339 e. The highest BCUT2D eigenvalue weighted by Crippen LogP contribution is 2.15. The molecule has 0 saturated heterocycles. The Balaban J connectivity index is 1.69. The first-order chi connectivity index (χ1) is 16.8. The molecule has 1 unspecified atom stereocenters. The quantitative estimate of drug-likeness (QED) is 0.247. The van der Waals surface area contributed by atoms with Crippen molar-refractivity contribution in [2.24, 2.45) is 5.10 Å². The Morgan fingerprint density at radius 3 is 2.23 bits per heavy atom. The highest BCUT2D eigenvalue weighted by molar-refractivity contribution is 7.98. The van der Waals surface area contributed by atoms with Crippen LogP contribution in [0.15, 0.2) is 84.0 Å². The van der Waals surface area contributed by atoms with Crippen LogP contribution in [0.1, 0.15) is 34.0 Å². The summed E-state index contributed by atoms with van der Waals surface area (Å²) in [5.74, 6) is 0.0364. The summed E-state index contributed by atoms with van der Waals surface area (Å²) in [4.78, 5) is 36.0. The lowest BCUT2D eigenvalue weighted by Gasteiger charge is -2.17. The van der Waals surface area contributed by atoms with Gasteiger partial charge in [0.1, 0.15) is 6.04 Å². The lowest BCUT2D eigenvalue weighted by atomic mass is 10.1. The fraction of sp³-hybridized carbons (Fsp3) is 0.192. The van der Waals surface area contributed by atoms with E-state index in [0.29, 0.717) is 17.2 Å². The summed E-state index contributed by atoms with van der Waals surface area (Å²) in [6.07, 6.45) is 0. The number of amides is 2. The molecule has 3 aromatic rings. The Morgan fingerprint density at radius 2 is 1.60 bits per heavy atom. The zero-order valence-electron chi connectivity index (χ0n) is 19.4. The molecular weight excluding hydrogens is 464 g/mol. The number of carbonyl (C=O) groups is 2. The van der Waals surface area contributed by atoms with E-state index in [4.69, 9.17) is 0 Å². The summed E-state index contributed by atoms with van der Waals surface area (Å²) >= 11 is 1.51. The van der Waals surface area contributed by atoms with Gasteiger partial charge in [0.25, 0.3) is 17.5 Å². The maximum absolute atomic E-state index is 13.0. The van der Waals surface area contributed by atoms with Crippen molar-refractivity contribution in [2.75, 3.05) is 5.75 Å². The molecule has 35 heavy (non-hydrogen) atoms. The number of hydrogen-bond donors (Lipinski definition) is 2. The molecule has 0 spiro atoms. The van der Waals surface area contributed by atoms with E-state index in [1.54, 1.807) is 6.92 Å². The Bertz CT molecular complexity index is 1200. The third-order valence-corrected chi connectivity index (χ3v) is 6.27. The van der Waals surface area contributed by atoms with Crippen molar-refractivity contribution in [1.82, 2.24) is 10.7 Å². The van der Waals surface area contributed by atoms with Crippen LogP contribution in [0.2, 0.25) is 0 Å². The Labute approximate surface area is 208 Å². The number of thioether (sulfide) groups is 1. The van der Waals surface area contributed by atoms with Gasteiger partial charge in [0.2, 0.25) is 0 Å². The molecule has 0 radical (unpaired) electrons. The molecule has 9 heteroatoms. The first-order valence-electron chi connectivity index (χ1n) is 10.9. The minimum absolute atomic E-state index is 0.116. The van der Waals surface area contributed by atoms with Gasteiger partial charge in [-0.25, -0.2) is 5.43 Å². The zero-order valence-corrected chi connectivity index (χ0v) is 20.2. The molecule has 3 rings (SSSR count). The first-order valence-corrected chi connectivity index (χ1v) is 12.1. The van der Waals surface area contributed by atoms with E-state index in [1.165, 1.54) is 36.0 Å². The highest BCUT2D eigenvalue weighted by Gasteiger charge is 2.22. The summed E-state index contributed by atoms with van der Waals surface area (Å²) in [5.41, 5.74) is 6.40. The fourth-order valence-electron chi connectivity index (χ4n) is 3.10. The first kappa shape index (κ1) is 25.6. The van der Waals surface area contributed by atoms with Gasteiger partial charge in [-0.15, -0.1) is 0 Å². The van der Waals surface area contributed by atoms with Crippen LogP contribution in [0, 0.1) is 17.0 Å². The molecule has 2 amide bonds. The summed E-state index contributed by atoms with van der Waals surface area (Å²) in [7, 11) is 0. The number of non-ortho nitro benzene ring substituents is 1. The van der Waals surface area contributed by atoms with E-state index in [2.05, 4.69) is 15.8 Å². The monoisotopic (exact) mass is 490 g/mol. The molecule has 0 bridgehead atoms. The van der Waals surface area contributed by atoms with Crippen molar-refractivity contribution >= 4 is 35.0 Å². The summed E-state index contributed by atoms with van der Waals surface area (Å²) in [5, 5.41) is 17.8. The van der Waals surface area contributed by atoms with E-state index in [1.807, 2.05) is 61.5 Å². The van der Waals surface area contributed by atoms with Crippen LogP contribution in [-0.4, -0.2) is 34.2 Å². The van der Waals surface area contributed by atoms with Gasteiger partial charge in [-0.1, -0.05) is 60.2 Å². The van der Waals surface area contributed by atoms with Crippen LogP contribution in [0.25, 0.3) is 0 Å². The summed E-state index contributed by atoms with van der Waals surface area (Å²) in [6.45, 7) is 3.78. The third-order valence-electron chi connectivity index (χ3n) is 5.16. The normalized spacial score (nSPS) is 12.0. The minimum atomic E-state index is -0.860. The van der Waals surface area contributed by atoms with Crippen LogP contribution in [0.4, 0.5) is 5.69 Å². The van der Waals surface area contributed by atoms with E-state index < -0.39 is 22.8 Å². The lowest BCUT2D eigenvalue weighted by Crippen LogP contribution is -2.47. The smallest absolute Gasteiger partial charge is 0.269 e. The molecule has 3 aromatic carbocycles. The van der Waals surface area contributed by atoms with E-state index in [9.17, 15) is 19.7 Å². The van der Waals surface area contributed by atoms with Gasteiger partial charge >= 0.3 is 0 Å². The molecule has 2 N–H and O–H groups in total. The second-order valence-corrected chi connectivity index (χ2v) is 8.90. The topological polar surface area (TPSA) is 114 Å². The molecule has 0 heterocycles. The number of hydrazone groups is 1. The van der Waals surface area contributed by atoms with Crippen LogP contribution >= 0.6 is 11.8 Å². The number of nitrogens with zero attached hydrogens (tertiary/aromatic N) is 2. The van der Waals surface area contributed by atoms with Gasteiger partial charge in [-0.2, -0.15) is 16.9 Å². The number of aryl methyl sites for hydroxylation is 1. The van der Waals surface area contributed by atoms with Gasteiger partial charge in [-0.3, -0.25) is 19.7 Å². The van der Waals surface area contributed by atoms with Gasteiger partial charge in [0.05, 0.1) is 10.6 Å². The molecule has 0 aliphatic carbocycles. The molecule has 180 valence electrons. The average molecular weight is 491 g/mol. The van der Waals surface area contributed by atoms with Crippen LogP contribution in [0.5, 0.6) is 0 Å². The number of rotatable bonds is 10. The van der Waals surface area contributed by atoms with E-state index in [0.717, 1.165) is 16.7 Å². The van der Waals surface area contributed by atoms with Gasteiger partial charge in [-0.05, 0) is 37.1 Å². The number of nitrogens with one attached hydrogen (secondary N) is 2. The van der Waals surface area contributed by atoms with Crippen molar-refractivity contribution in [2.45, 2.75) is 25.6 Å². The third kappa shape index (κ3) is 7.79. The largest absolute Gasteiger partial charge is 0.339 e. The van der Waals surface area contributed by atoms with Gasteiger partial charge < -0.3 is 5.32 Å². The second-order valence-electron chi connectivity index (χ2n) is 7.87. The van der Waals surface area contributed by atoms with E-state index >= 15 is 0 Å². The van der Waals surface area contributed by atoms with Gasteiger partial charge in [0, 0.05) is 29.2 Å². The lowest BCUT2D eigenvalue weighted by molar-refractivity contribution is -0.384. The predicted octanol–water partition coefficient (Wildman–Crippen LogP) is 4.48. The fourth-order valence-corrected chi connectivity index (χ4v) is 4.12. The van der Waals surface area contributed by atoms with Crippen LogP contribution in [-0.2, 0) is 10.5 Å². The summed E-state index contributed by atoms with van der Waals surface area (Å²) in [6, 6.07) is 21.9. The SMILES string of the molecule is C/C(=N\NC(=O)C(CSCc1ccccc1)NC(=O)c1ccc([N+](=O)[O-])cc1)c1ccc(C)cc1. The molecule has 0 aromatic heterocycles. The predicted molar refractivity (Wildman–Crippen MR) is 138 cm³/mol. The Kier molecular flexibility index (Phi) is 9.14. The summed E-state index contributed by atoms with van der Waals surface area (Å²) < 4.78 is 0. The molecule has 0 aliphatic rings. The molecule has 0 aliphatic heterocycles. The zero-order chi connectivity index (χ0) is 25.2. The van der Waals surface area contributed by atoms with Crippen molar-refractivity contribution in [3.8, 4) is 0 Å². The van der Waals surface area contributed by atoms with Crippen molar-refractivity contribution in [3.63, 3.8) is 0 Å². The maximum Gasteiger partial charge on any atom is 0.269 e. The second kappa shape index (κ2) is 12.5. The molecular formula is C26H26N4O4S. The molecule has 0 fully saturated rings. The van der Waals surface area contributed by atoms with E-state index in [-0.39, 0.29) is 11.3 Å². The maximum atomic E-state index is 13.0. The average Bonchev–Trinajstić information content (AvgIpc) is 2.87. The molecule has 8 nitrogen and oxygen atoms in total. The van der Waals surface area contributed by atoms with Gasteiger partial charge in [0.15, 0.2) is 0 Å². The molecule has 1 atom stereocenters. The Morgan fingerprint density at radius 1 is 0.971 bits per heavy atom. The van der Waals surface area contributed by atoms with Crippen molar-refractivity contribution in [3.05, 3.63) is 111 Å². The van der Waals surface area contributed by atoms with Crippen molar-refractivity contribution in [1.29, 1.82) is 0 Å². The Hall–Kier alpha value is -3.98. The number of nitro groups is 1. The molecule has 0 saturated carbocycles. The van der Waals surface area contributed by atoms with Crippen LogP contribution < -0.4 is 10.7 Å². The highest BCUT2D eigenvalue weighted by atomic mass is 32.2. The number of hydrogen-bond acceptors (Lipinski definition) is 6. The standard InChI is InChI=1S/C26H26N4O4S/c1-18-8-10-21(11-9-18)19(2)28-29-26(32)24(17-35-16-20-6-4-3-5-7-20)27-25(31)22-12-14-23(15-13-22)30(33)34/h3-15,24H,16-17H2,1-2H3,(H,27,31)(H,29,32)/b28-19+. The number of benzene rings is 3.